The van der Waals surface area contributed by atoms with Gasteiger partial charge in [0, 0.05) is 12.4 Å². The largest absolute Gasteiger partial charge is 1.00 e. The van der Waals surface area contributed by atoms with Crippen LogP contribution >= 0.6 is 0 Å². The molecule has 1 aromatic carbocycles. The van der Waals surface area contributed by atoms with Crippen LogP contribution < -0.4 is 69.3 Å². The quantitative estimate of drug-likeness (QED) is 0.193. The van der Waals surface area contributed by atoms with E-state index in [1.165, 1.54) is 38.5 Å². The summed E-state index contributed by atoms with van der Waals surface area (Å²) in [6, 6.07) is 7.65. The summed E-state index contributed by atoms with van der Waals surface area (Å²) in [6.45, 7) is 2.24. The van der Waals surface area contributed by atoms with E-state index >= 15 is 0 Å². The van der Waals surface area contributed by atoms with Crippen molar-refractivity contribution < 1.29 is 97.0 Å². The number of aromatic hydroxyl groups is 1. The van der Waals surface area contributed by atoms with E-state index in [0.717, 1.165) is 12.0 Å². The fourth-order valence-corrected chi connectivity index (χ4v) is 2.87. The minimum Gasteiger partial charge on any atom is -0.550 e. The number of phenolic OH excluding ortho intramolecular Hbond substituents is 1. The molecule has 0 aliphatic rings. The number of hydrogen-bond donors (Lipinski definition) is 2. The third kappa shape index (κ3) is 17.3. The van der Waals surface area contributed by atoms with Crippen molar-refractivity contribution in [2.45, 2.75) is 63.5 Å². The number of carbonyl (C=O) groups is 2. The molecule has 0 saturated carbocycles. The number of benzene rings is 1. The van der Waals surface area contributed by atoms with Gasteiger partial charge >= 0.3 is 59.1 Å². The first-order valence-corrected chi connectivity index (χ1v) is 10.2. The fraction of sp³-hybridized carbons (Fsp3) is 0.556. The molecule has 0 fully saturated rings. The number of carbonyl (C=O) groups excluding carboxylic acids is 2. The predicted molar refractivity (Wildman–Crippen MR) is 95.2 cm³/mol. The second-order valence-corrected chi connectivity index (χ2v) is 7.64. The fourth-order valence-electron chi connectivity index (χ4n) is 2.28. The summed E-state index contributed by atoms with van der Waals surface area (Å²) < 4.78 is 28.5. The first-order valence-electron chi connectivity index (χ1n) is 8.73. The zero-order chi connectivity index (χ0) is 20.9. The van der Waals surface area contributed by atoms with E-state index in [9.17, 15) is 33.3 Å². The van der Waals surface area contributed by atoms with Gasteiger partial charge in [-0.05, 0) is 24.5 Å². The van der Waals surface area contributed by atoms with Crippen LogP contribution in [0, 0.1) is 0 Å². The van der Waals surface area contributed by atoms with Gasteiger partial charge in [-0.3, -0.25) is 4.55 Å². The van der Waals surface area contributed by atoms with E-state index in [4.69, 9.17) is 4.55 Å². The van der Waals surface area contributed by atoms with Crippen LogP contribution in [-0.2, 0) is 26.1 Å². The number of phenols is 1. The topological polar surface area (TPSA) is 155 Å². The number of para-hydroxylation sites is 1. The predicted octanol–water partition coefficient (Wildman–Crippen LogP) is -5.56. The Morgan fingerprint density at radius 1 is 1.00 bits per heavy atom. The van der Waals surface area contributed by atoms with Crippen LogP contribution in [0.25, 0.3) is 0 Å². The van der Waals surface area contributed by atoms with Gasteiger partial charge < -0.3 is 24.9 Å². The molecule has 0 aromatic heterocycles. The SMILES string of the molecule is CCCCCCCCc1ccccc1O.O=C([O-])CC(C(=O)[O-])S(=O)(=O)O.[Na+].[Na+]. The molecule has 1 rings (SSSR count). The van der Waals surface area contributed by atoms with Crippen molar-refractivity contribution in [1.29, 1.82) is 0 Å². The van der Waals surface area contributed by atoms with Crippen LogP contribution in [0.5, 0.6) is 5.75 Å². The average Bonchev–Trinajstić information content (AvgIpc) is 2.56. The molecule has 29 heavy (non-hydrogen) atoms. The van der Waals surface area contributed by atoms with Gasteiger partial charge in [-0.15, -0.1) is 0 Å². The van der Waals surface area contributed by atoms with Crippen LogP contribution in [0.15, 0.2) is 24.3 Å². The molecule has 0 aliphatic heterocycles. The molecular formula is C18H26Na2O8S. The third-order valence-corrected chi connectivity index (χ3v) is 4.84. The Morgan fingerprint density at radius 2 is 1.52 bits per heavy atom. The number of carboxylic acids is 2. The number of unbranched alkanes of at least 4 members (excludes halogenated alkanes) is 5. The first-order chi connectivity index (χ1) is 12.6. The van der Waals surface area contributed by atoms with Crippen molar-refractivity contribution >= 4 is 22.1 Å². The number of carboxylic acid groups (broad SMARTS) is 2. The van der Waals surface area contributed by atoms with Crippen molar-refractivity contribution in [2.24, 2.45) is 0 Å². The molecule has 1 aromatic rings. The summed E-state index contributed by atoms with van der Waals surface area (Å²) in [5.41, 5.74) is 1.09. The van der Waals surface area contributed by atoms with Crippen LogP contribution in [0.2, 0.25) is 0 Å². The van der Waals surface area contributed by atoms with Crippen molar-refractivity contribution in [1.82, 2.24) is 0 Å². The normalized spacial score (nSPS) is 11.1. The van der Waals surface area contributed by atoms with Gasteiger partial charge in [0.25, 0.3) is 10.1 Å². The van der Waals surface area contributed by atoms with Crippen molar-refractivity contribution in [3.63, 3.8) is 0 Å². The number of aliphatic carboxylic acids is 2. The van der Waals surface area contributed by atoms with E-state index in [-0.39, 0.29) is 59.1 Å². The zero-order valence-electron chi connectivity index (χ0n) is 17.3. The van der Waals surface area contributed by atoms with Gasteiger partial charge in [0.1, 0.15) is 11.0 Å². The molecular weight excluding hydrogens is 422 g/mol. The van der Waals surface area contributed by atoms with E-state index in [1.54, 1.807) is 6.07 Å². The molecule has 1 atom stereocenters. The number of aryl methyl sites for hydroxylation is 1. The zero-order valence-corrected chi connectivity index (χ0v) is 22.1. The van der Waals surface area contributed by atoms with Gasteiger partial charge in [-0.25, -0.2) is 0 Å². The molecule has 0 spiro atoms. The maximum absolute atomic E-state index is 10.2. The van der Waals surface area contributed by atoms with Gasteiger partial charge in [-0.1, -0.05) is 57.2 Å². The van der Waals surface area contributed by atoms with Gasteiger partial charge in [0.05, 0.1) is 5.97 Å². The van der Waals surface area contributed by atoms with Crippen LogP contribution in [0.1, 0.15) is 57.4 Å². The summed E-state index contributed by atoms with van der Waals surface area (Å²) in [4.78, 5) is 19.7. The van der Waals surface area contributed by atoms with E-state index in [0.29, 0.717) is 5.75 Å². The summed E-state index contributed by atoms with van der Waals surface area (Å²) in [6.07, 6.45) is 7.52. The molecule has 0 radical (unpaired) electrons. The minimum atomic E-state index is -4.94. The van der Waals surface area contributed by atoms with Gasteiger partial charge in [-0.2, -0.15) is 8.42 Å². The average molecular weight is 448 g/mol. The Balaban J connectivity index is -0.000000447. The Labute approximate surface area is 216 Å². The summed E-state index contributed by atoms with van der Waals surface area (Å²) in [5.74, 6) is -3.63. The maximum Gasteiger partial charge on any atom is 1.00 e. The molecule has 0 bridgehead atoms. The van der Waals surface area contributed by atoms with E-state index in [2.05, 4.69) is 6.92 Å². The summed E-state index contributed by atoms with van der Waals surface area (Å²) >= 11 is 0. The molecule has 1 unspecified atom stereocenters. The summed E-state index contributed by atoms with van der Waals surface area (Å²) in [5, 5.41) is 26.8. The van der Waals surface area contributed by atoms with Crippen molar-refractivity contribution in [2.75, 3.05) is 0 Å². The standard InChI is InChI=1S/C14H22O.C4H6O7S.2Na/c1-2-3-4-5-6-7-10-13-11-8-9-12-14(13)15;5-3(6)1-2(4(7)8)12(9,10)11;;/h8-9,11-12,15H,2-7,10H2,1H3;2H,1H2,(H,5,6)(H,7,8)(H,9,10,11);;/q;;2*+1/p-2. The van der Waals surface area contributed by atoms with Gasteiger partial charge in [0.2, 0.25) is 0 Å². The van der Waals surface area contributed by atoms with Gasteiger partial charge in [0.15, 0.2) is 0 Å². The van der Waals surface area contributed by atoms with Crippen molar-refractivity contribution in [3.8, 4) is 5.75 Å². The Kier molecular flexibility index (Phi) is 21.5. The minimum absolute atomic E-state index is 0. The molecule has 0 saturated heterocycles. The molecule has 0 heterocycles. The number of rotatable bonds is 11. The molecule has 11 heteroatoms. The third-order valence-electron chi connectivity index (χ3n) is 3.77. The van der Waals surface area contributed by atoms with Crippen LogP contribution in [-0.4, -0.2) is 35.3 Å². The molecule has 0 aliphatic carbocycles. The first kappa shape index (κ1) is 33.5. The van der Waals surface area contributed by atoms with E-state index < -0.39 is 33.7 Å². The second-order valence-electron chi connectivity index (χ2n) is 6.05. The maximum atomic E-state index is 10.2. The Bertz CT molecular complexity index is 695. The summed E-state index contributed by atoms with van der Waals surface area (Å²) in [7, 11) is -4.94. The van der Waals surface area contributed by atoms with E-state index in [1.807, 2.05) is 18.2 Å². The molecule has 8 nitrogen and oxygen atoms in total. The molecule has 0 amide bonds. The monoisotopic (exact) mass is 448 g/mol. The van der Waals surface area contributed by atoms with Crippen LogP contribution in [0.3, 0.4) is 0 Å². The van der Waals surface area contributed by atoms with Crippen LogP contribution in [0.4, 0.5) is 0 Å². The smallest absolute Gasteiger partial charge is 0.550 e. The molecule has 2 N–H and O–H groups in total. The van der Waals surface area contributed by atoms with Crippen molar-refractivity contribution in [3.05, 3.63) is 29.8 Å². The Morgan fingerprint density at radius 3 is 1.93 bits per heavy atom. The number of hydrogen-bond acceptors (Lipinski definition) is 7. The molecule has 154 valence electrons. The second kappa shape index (κ2) is 18.6. The Hall–Kier alpha value is -0.130.